The third kappa shape index (κ3) is 6.24. The Morgan fingerprint density at radius 2 is 1.68 bits per heavy atom. The van der Waals surface area contributed by atoms with Gasteiger partial charge in [-0.05, 0) is 66.7 Å². The molecule has 0 bridgehead atoms. The molecule has 1 aliphatic heterocycles. The number of hydrogen-bond donors (Lipinski definition) is 1. The summed E-state index contributed by atoms with van der Waals surface area (Å²) in [5.41, 5.74) is 2.47. The summed E-state index contributed by atoms with van der Waals surface area (Å²) >= 11 is 7.36. The van der Waals surface area contributed by atoms with Crippen LogP contribution in [0.4, 0.5) is 11.4 Å². The Morgan fingerprint density at radius 3 is 2.35 bits per heavy atom. The smallest absolute Gasteiger partial charge is 0.254 e. The molecule has 1 fully saturated rings. The van der Waals surface area contributed by atoms with Crippen LogP contribution in [0.3, 0.4) is 0 Å². The van der Waals surface area contributed by atoms with Gasteiger partial charge in [-0.1, -0.05) is 17.7 Å². The van der Waals surface area contributed by atoms with Crippen molar-refractivity contribution in [3.63, 3.8) is 0 Å². The highest BCUT2D eigenvalue weighted by atomic mass is 35.5. The molecule has 0 spiro atoms. The Labute approximate surface area is 208 Å². The molecule has 176 valence electrons. The number of nitrogens with zero attached hydrogens (tertiary/aromatic N) is 2. The van der Waals surface area contributed by atoms with Gasteiger partial charge in [0.05, 0.1) is 12.9 Å². The second kappa shape index (κ2) is 11.3. The summed E-state index contributed by atoms with van der Waals surface area (Å²) in [6.45, 7) is 2.80. The van der Waals surface area contributed by atoms with E-state index in [1.54, 1.807) is 13.2 Å². The minimum atomic E-state index is -0.0580. The summed E-state index contributed by atoms with van der Waals surface area (Å²) in [5.74, 6) is 0.970. The van der Waals surface area contributed by atoms with E-state index >= 15 is 0 Å². The highest BCUT2D eigenvalue weighted by Gasteiger charge is 2.22. The third-order valence-corrected chi connectivity index (χ3v) is 6.85. The number of carbonyl (C=O) groups is 2. The minimum Gasteiger partial charge on any atom is -0.497 e. The van der Waals surface area contributed by atoms with E-state index in [0.29, 0.717) is 35.2 Å². The molecule has 0 aliphatic carbocycles. The molecule has 0 unspecified atom stereocenters. The van der Waals surface area contributed by atoms with E-state index in [0.717, 1.165) is 29.4 Å². The van der Waals surface area contributed by atoms with Crippen molar-refractivity contribution < 1.29 is 14.3 Å². The van der Waals surface area contributed by atoms with Gasteiger partial charge in [-0.15, -0.1) is 11.8 Å². The average molecular weight is 496 g/mol. The van der Waals surface area contributed by atoms with Gasteiger partial charge in [0.2, 0.25) is 5.91 Å². The van der Waals surface area contributed by atoms with Crippen LogP contribution in [0.1, 0.15) is 10.4 Å². The fourth-order valence-electron chi connectivity index (χ4n) is 3.74. The van der Waals surface area contributed by atoms with Crippen LogP contribution in [-0.4, -0.2) is 55.8 Å². The molecule has 3 aromatic carbocycles. The first-order chi connectivity index (χ1) is 16.5. The lowest BCUT2D eigenvalue weighted by molar-refractivity contribution is -0.113. The van der Waals surface area contributed by atoms with Crippen LogP contribution in [0.5, 0.6) is 5.75 Å². The van der Waals surface area contributed by atoms with Crippen LogP contribution >= 0.6 is 23.4 Å². The van der Waals surface area contributed by atoms with E-state index in [4.69, 9.17) is 16.3 Å². The first kappa shape index (κ1) is 24.0. The van der Waals surface area contributed by atoms with E-state index in [1.807, 2.05) is 71.6 Å². The zero-order chi connectivity index (χ0) is 23.9. The van der Waals surface area contributed by atoms with Gasteiger partial charge >= 0.3 is 0 Å². The molecule has 1 heterocycles. The van der Waals surface area contributed by atoms with Gasteiger partial charge in [0, 0.05) is 53.0 Å². The van der Waals surface area contributed by atoms with Crippen molar-refractivity contribution >= 4 is 46.6 Å². The largest absolute Gasteiger partial charge is 0.497 e. The topological polar surface area (TPSA) is 61.9 Å². The van der Waals surface area contributed by atoms with Gasteiger partial charge in [0.1, 0.15) is 5.75 Å². The Hall–Kier alpha value is -3.16. The predicted octanol–water partition coefficient (Wildman–Crippen LogP) is 5.04. The van der Waals surface area contributed by atoms with Crippen LogP contribution in [-0.2, 0) is 4.79 Å². The lowest BCUT2D eigenvalue weighted by Crippen LogP contribution is -2.48. The van der Waals surface area contributed by atoms with Crippen molar-refractivity contribution in [3.8, 4) is 5.75 Å². The molecular weight excluding hydrogens is 470 g/mol. The molecular formula is C26H26ClN3O3S. The standard InChI is InChI=1S/C26H26ClN3O3S/c1-33-23-4-2-3-19(17-23)26(32)30-15-13-29(14-16-30)22-9-7-21(8-10-22)28-25(31)18-34-24-11-5-20(27)6-12-24/h2-12,17H,13-16,18H2,1H3,(H,28,31). The van der Waals surface area contributed by atoms with E-state index in [2.05, 4.69) is 10.2 Å². The maximum Gasteiger partial charge on any atom is 0.254 e. The monoisotopic (exact) mass is 495 g/mol. The third-order valence-electron chi connectivity index (χ3n) is 5.58. The van der Waals surface area contributed by atoms with Crippen molar-refractivity contribution in [2.45, 2.75) is 4.90 Å². The van der Waals surface area contributed by atoms with Gasteiger partial charge in [0.25, 0.3) is 5.91 Å². The molecule has 1 N–H and O–H groups in total. The number of thioether (sulfide) groups is 1. The molecule has 0 radical (unpaired) electrons. The number of halogens is 1. The summed E-state index contributed by atoms with van der Waals surface area (Å²) in [5, 5.41) is 3.62. The van der Waals surface area contributed by atoms with Gasteiger partial charge < -0.3 is 19.9 Å². The molecule has 0 aromatic heterocycles. The fourth-order valence-corrected chi connectivity index (χ4v) is 4.56. The molecule has 0 atom stereocenters. The summed E-state index contributed by atoms with van der Waals surface area (Å²) in [6, 6.07) is 22.5. The molecule has 6 nitrogen and oxygen atoms in total. The van der Waals surface area contributed by atoms with Crippen LogP contribution in [0, 0.1) is 0 Å². The summed E-state index contributed by atoms with van der Waals surface area (Å²) < 4.78 is 5.23. The van der Waals surface area contributed by atoms with Gasteiger partial charge in [-0.3, -0.25) is 9.59 Å². The second-order valence-corrected chi connectivity index (χ2v) is 9.33. The average Bonchev–Trinajstić information content (AvgIpc) is 2.88. The fraction of sp³-hybridized carbons (Fsp3) is 0.231. The first-order valence-electron chi connectivity index (χ1n) is 11.0. The van der Waals surface area contributed by atoms with Gasteiger partial charge in [-0.25, -0.2) is 0 Å². The van der Waals surface area contributed by atoms with E-state index < -0.39 is 0 Å². The van der Waals surface area contributed by atoms with E-state index in [9.17, 15) is 9.59 Å². The van der Waals surface area contributed by atoms with Crippen molar-refractivity contribution in [2.75, 3.05) is 49.3 Å². The Morgan fingerprint density at radius 1 is 0.971 bits per heavy atom. The summed E-state index contributed by atoms with van der Waals surface area (Å²) in [6.07, 6.45) is 0. The van der Waals surface area contributed by atoms with Crippen LogP contribution < -0.4 is 15.0 Å². The number of anilines is 2. The minimum absolute atomic E-state index is 0.0214. The molecule has 0 saturated carbocycles. The lowest BCUT2D eigenvalue weighted by atomic mass is 10.1. The Bertz CT molecular complexity index is 1130. The van der Waals surface area contributed by atoms with Crippen LogP contribution in [0.15, 0.2) is 77.7 Å². The molecule has 4 rings (SSSR count). The molecule has 1 saturated heterocycles. The van der Waals surface area contributed by atoms with Gasteiger partial charge in [-0.2, -0.15) is 0 Å². The highest BCUT2D eigenvalue weighted by Crippen LogP contribution is 2.23. The maximum atomic E-state index is 12.8. The molecule has 8 heteroatoms. The van der Waals surface area contributed by atoms with Crippen molar-refractivity contribution in [1.82, 2.24) is 4.90 Å². The number of methoxy groups -OCH3 is 1. The second-order valence-electron chi connectivity index (χ2n) is 7.85. The first-order valence-corrected chi connectivity index (χ1v) is 12.3. The number of piperazine rings is 1. The maximum absolute atomic E-state index is 12.8. The molecule has 3 aromatic rings. The highest BCUT2D eigenvalue weighted by molar-refractivity contribution is 8.00. The quantitative estimate of drug-likeness (QED) is 0.465. The zero-order valence-corrected chi connectivity index (χ0v) is 20.4. The number of nitrogens with one attached hydrogen (secondary N) is 1. The summed E-state index contributed by atoms with van der Waals surface area (Å²) in [4.78, 5) is 30.2. The Kier molecular flexibility index (Phi) is 7.98. The van der Waals surface area contributed by atoms with Crippen LogP contribution in [0.2, 0.25) is 5.02 Å². The number of carbonyl (C=O) groups excluding carboxylic acids is 2. The number of benzene rings is 3. The van der Waals surface area contributed by atoms with Crippen LogP contribution in [0.25, 0.3) is 0 Å². The lowest BCUT2D eigenvalue weighted by Gasteiger charge is -2.36. The Balaban J connectivity index is 1.26. The van der Waals surface area contributed by atoms with E-state index in [1.165, 1.54) is 11.8 Å². The summed E-state index contributed by atoms with van der Waals surface area (Å²) in [7, 11) is 1.60. The molecule has 2 amide bonds. The van der Waals surface area contributed by atoms with Crippen molar-refractivity contribution in [1.29, 1.82) is 0 Å². The van der Waals surface area contributed by atoms with E-state index in [-0.39, 0.29) is 11.8 Å². The molecule has 34 heavy (non-hydrogen) atoms. The number of hydrogen-bond acceptors (Lipinski definition) is 5. The van der Waals surface area contributed by atoms with Gasteiger partial charge in [0.15, 0.2) is 0 Å². The number of rotatable bonds is 7. The van der Waals surface area contributed by atoms with Crippen molar-refractivity contribution in [2.24, 2.45) is 0 Å². The number of amides is 2. The number of ether oxygens (including phenoxy) is 1. The molecule has 1 aliphatic rings. The van der Waals surface area contributed by atoms with Crippen molar-refractivity contribution in [3.05, 3.63) is 83.4 Å². The predicted molar refractivity (Wildman–Crippen MR) is 138 cm³/mol. The zero-order valence-electron chi connectivity index (χ0n) is 18.9. The normalized spacial score (nSPS) is 13.5. The SMILES string of the molecule is COc1cccc(C(=O)N2CCN(c3ccc(NC(=O)CSc4ccc(Cl)cc4)cc3)CC2)c1.